The summed E-state index contributed by atoms with van der Waals surface area (Å²) in [5.41, 5.74) is 3.40. The van der Waals surface area contributed by atoms with E-state index in [0.29, 0.717) is 6.42 Å². The predicted octanol–water partition coefficient (Wildman–Crippen LogP) is 2.85. The van der Waals surface area contributed by atoms with Crippen LogP contribution in [0.25, 0.3) is 0 Å². The lowest BCUT2D eigenvalue weighted by Crippen LogP contribution is -2.01. The fraction of sp³-hybridized carbons (Fsp3) is 0.545. The first-order valence-electron chi connectivity index (χ1n) is 4.35. The average molecular weight is 182 g/mol. The third kappa shape index (κ3) is 5.23. The standard InChI is InChI=1S/C11H18O2/c1-8(2)6-10(9(3)4)7-11(12)13-5/h6H,7H2,1-5H3. The molecule has 0 spiro atoms. The number of hydrogen-bond donors (Lipinski definition) is 0. The van der Waals surface area contributed by atoms with Crippen molar-refractivity contribution in [2.24, 2.45) is 0 Å². The highest BCUT2D eigenvalue weighted by Gasteiger charge is 2.04. The van der Waals surface area contributed by atoms with E-state index in [1.54, 1.807) is 0 Å². The average Bonchev–Trinajstić information content (AvgIpc) is 2.02. The molecule has 0 fully saturated rings. The Morgan fingerprint density at radius 3 is 2.08 bits per heavy atom. The van der Waals surface area contributed by atoms with Gasteiger partial charge in [0.25, 0.3) is 0 Å². The van der Waals surface area contributed by atoms with Crippen LogP contribution in [0.4, 0.5) is 0 Å². The van der Waals surface area contributed by atoms with Gasteiger partial charge in [0, 0.05) is 0 Å². The zero-order valence-corrected chi connectivity index (χ0v) is 9.10. The molecule has 0 aromatic carbocycles. The van der Waals surface area contributed by atoms with Crippen molar-refractivity contribution in [3.05, 3.63) is 22.8 Å². The van der Waals surface area contributed by atoms with Crippen LogP contribution < -0.4 is 0 Å². The Balaban J connectivity index is 4.58. The van der Waals surface area contributed by atoms with Gasteiger partial charge in [0.05, 0.1) is 13.5 Å². The molecular weight excluding hydrogens is 164 g/mol. The molecule has 0 heterocycles. The van der Waals surface area contributed by atoms with Gasteiger partial charge in [-0.05, 0) is 33.3 Å². The fourth-order valence-corrected chi connectivity index (χ4v) is 0.948. The van der Waals surface area contributed by atoms with Crippen LogP contribution in [0.5, 0.6) is 0 Å². The van der Waals surface area contributed by atoms with E-state index in [0.717, 1.165) is 11.1 Å². The molecule has 0 aromatic heterocycles. The van der Waals surface area contributed by atoms with Crippen LogP contribution in [-0.2, 0) is 9.53 Å². The molecular formula is C11H18O2. The molecule has 0 radical (unpaired) electrons. The van der Waals surface area contributed by atoms with Crippen molar-refractivity contribution in [2.75, 3.05) is 7.11 Å². The van der Waals surface area contributed by atoms with Crippen molar-refractivity contribution in [3.63, 3.8) is 0 Å². The smallest absolute Gasteiger partial charge is 0.309 e. The molecule has 0 aromatic rings. The molecule has 74 valence electrons. The van der Waals surface area contributed by atoms with Gasteiger partial charge in [0.15, 0.2) is 0 Å². The van der Waals surface area contributed by atoms with E-state index in [4.69, 9.17) is 0 Å². The van der Waals surface area contributed by atoms with Crippen LogP contribution in [0.1, 0.15) is 34.1 Å². The lowest BCUT2D eigenvalue weighted by Gasteiger charge is -2.04. The number of carbonyl (C=O) groups excluding carboxylic acids is 1. The first kappa shape index (κ1) is 11.9. The maximum absolute atomic E-state index is 11.0. The summed E-state index contributed by atoms with van der Waals surface area (Å²) in [5, 5.41) is 0. The minimum atomic E-state index is -0.186. The molecule has 2 nitrogen and oxygen atoms in total. The second-order valence-corrected chi connectivity index (χ2v) is 3.50. The summed E-state index contributed by atoms with van der Waals surface area (Å²) < 4.78 is 4.61. The maximum Gasteiger partial charge on any atom is 0.309 e. The van der Waals surface area contributed by atoms with E-state index in [-0.39, 0.29) is 5.97 Å². The van der Waals surface area contributed by atoms with Gasteiger partial charge in [0.2, 0.25) is 0 Å². The molecule has 0 saturated heterocycles. The largest absolute Gasteiger partial charge is 0.469 e. The SMILES string of the molecule is COC(=O)CC(C=C(C)C)=C(C)C. The van der Waals surface area contributed by atoms with Gasteiger partial charge in [-0.25, -0.2) is 0 Å². The first-order valence-corrected chi connectivity index (χ1v) is 4.35. The third-order valence-electron chi connectivity index (χ3n) is 1.67. The number of rotatable bonds is 3. The number of esters is 1. The molecule has 0 rings (SSSR count). The number of methoxy groups -OCH3 is 1. The summed E-state index contributed by atoms with van der Waals surface area (Å²) in [6.45, 7) is 8.02. The summed E-state index contributed by atoms with van der Waals surface area (Å²) in [4.78, 5) is 11.0. The Hall–Kier alpha value is -1.05. The summed E-state index contributed by atoms with van der Waals surface area (Å²) in [5.74, 6) is -0.186. The van der Waals surface area contributed by atoms with E-state index in [2.05, 4.69) is 4.74 Å². The van der Waals surface area contributed by atoms with E-state index in [1.807, 2.05) is 33.8 Å². The van der Waals surface area contributed by atoms with Crippen LogP contribution in [0.3, 0.4) is 0 Å². The molecule has 0 aliphatic carbocycles. The van der Waals surface area contributed by atoms with E-state index < -0.39 is 0 Å². The maximum atomic E-state index is 11.0. The molecule has 0 atom stereocenters. The third-order valence-corrected chi connectivity index (χ3v) is 1.67. The summed E-state index contributed by atoms with van der Waals surface area (Å²) in [6.07, 6.45) is 2.39. The zero-order valence-electron chi connectivity index (χ0n) is 9.10. The normalized spacial score (nSPS) is 9.00. The second kappa shape index (κ2) is 5.57. The van der Waals surface area contributed by atoms with Crippen molar-refractivity contribution in [3.8, 4) is 0 Å². The quantitative estimate of drug-likeness (QED) is 0.495. The second-order valence-electron chi connectivity index (χ2n) is 3.50. The highest BCUT2D eigenvalue weighted by molar-refractivity contribution is 5.73. The molecule has 13 heavy (non-hydrogen) atoms. The van der Waals surface area contributed by atoms with Gasteiger partial charge in [-0.15, -0.1) is 0 Å². The Labute approximate surface area is 80.3 Å². The Bertz CT molecular complexity index is 239. The van der Waals surface area contributed by atoms with Crippen molar-refractivity contribution >= 4 is 5.97 Å². The lowest BCUT2D eigenvalue weighted by atomic mass is 10.1. The highest BCUT2D eigenvalue weighted by Crippen LogP contribution is 2.12. The topological polar surface area (TPSA) is 26.3 Å². The molecule has 0 aliphatic rings. The van der Waals surface area contributed by atoms with Gasteiger partial charge >= 0.3 is 5.97 Å². The van der Waals surface area contributed by atoms with E-state index in [1.165, 1.54) is 12.7 Å². The number of allylic oxidation sites excluding steroid dienone is 3. The monoisotopic (exact) mass is 182 g/mol. The summed E-state index contributed by atoms with van der Waals surface area (Å²) in [6, 6.07) is 0. The minimum Gasteiger partial charge on any atom is -0.469 e. The fourth-order valence-electron chi connectivity index (χ4n) is 0.948. The van der Waals surface area contributed by atoms with Crippen molar-refractivity contribution in [1.82, 2.24) is 0 Å². The van der Waals surface area contributed by atoms with Gasteiger partial charge in [-0.1, -0.05) is 17.2 Å². The summed E-state index contributed by atoms with van der Waals surface area (Å²) >= 11 is 0. The zero-order chi connectivity index (χ0) is 10.4. The Kier molecular flexibility index (Phi) is 5.12. The van der Waals surface area contributed by atoms with Crippen molar-refractivity contribution in [1.29, 1.82) is 0 Å². The number of carbonyl (C=O) groups is 1. The van der Waals surface area contributed by atoms with Crippen LogP contribution in [0.15, 0.2) is 22.8 Å². The van der Waals surface area contributed by atoms with Gasteiger partial charge < -0.3 is 4.74 Å². The number of hydrogen-bond acceptors (Lipinski definition) is 2. The summed E-state index contributed by atoms with van der Waals surface area (Å²) in [7, 11) is 1.41. The highest BCUT2D eigenvalue weighted by atomic mass is 16.5. The van der Waals surface area contributed by atoms with Gasteiger partial charge in [-0.3, -0.25) is 4.79 Å². The van der Waals surface area contributed by atoms with Gasteiger partial charge in [0.1, 0.15) is 0 Å². The molecule has 0 bridgehead atoms. The van der Waals surface area contributed by atoms with Gasteiger partial charge in [-0.2, -0.15) is 0 Å². The van der Waals surface area contributed by atoms with Crippen LogP contribution in [0.2, 0.25) is 0 Å². The van der Waals surface area contributed by atoms with E-state index >= 15 is 0 Å². The number of ether oxygens (including phenoxy) is 1. The molecule has 0 saturated carbocycles. The van der Waals surface area contributed by atoms with E-state index in [9.17, 15) is 4.79 Å². The van der Waals surface area contributed by atoms with Crippen LogP contribution >= 0.6 is 0 Å². The van der Waals surface area contributed by atoms with Crippen molar-refractivity contribution < 1.29 is 9.53 Å². The molecule has 0 aliphatic heterocycles. The van der Waals surface area contributed by atoms with Crippen molar-refractivity contribution in [2.45, 2.75) is 34.1 Å². The van der Waals surface area contributed by atoms with Crippen LogP contribution in [-0.4, -0.2) is 13.1 Å². The minimum absolute atomic E-state index is 0.186. The molecule has 0 unspecified atom stereocenters. The lowest BCUT2D eigenvalue weighted by molar-refractivity contribution is -0.139. The Morgan fingerprint density at radius 2 is 1.77 bits per heavy atom. The predicted molar refractivity (Wildman–Crippen MR) is 54.4 cm³/mol. The van der Waals surface area contributed by atoms with Crippen LogP contribution in [0, 0.1) is 0 Å². The Morgan fingerprint density at radius 1 is 1.23 bits per heavy atom. The molecule has 0 amide bonds. The first-order chi connectivity index (χ1) is 5.97. The molecule has 2 heteroatoms. The molecule has 0 N–H and O–H groups in total.